The third-order valence-corrected chi connectivity index (χ3v) is 3.40. The molecular weight excluding hydrogens is 204 g/mol. The lowest BCUT2D eigenvalue weighted by molar-refractivity contribution is 0.0605. The second-order valence-electron chi connectivity index (χ2n) is 4.40. The second-order valence-corrected chi connectivity index (χ2v) is 4.40. The average molecular weight is 218 g/mol. The van der Waals surface area contributed by atoms with E-state index >= 15 is 0 Å². The molecule has 2 N–H and O–H groups in total. The number of carbonyl (C=O) groups is 1. The fraction of sp³-hybridized carbons (Fsp3) is 0.417. The van der Waals surface area contributed by atoms with Gasteiger partial charge in [-0.25, -0.2) is 4.79 Å². The number of nitrogens with one attached hydrogen (secondary N) is 1. The van der Waals surface area contributed by atoms with Crippen molar-refractivity contribution in [1.29, 1.82) is 0 Å². The number of carbonyl (C=O) groups excluding carboxylic acids is 1. The summed E-state index contributed by atoms with van der Waals surface area (Å²) >= 11 is 0. The molecule has 0 spiro atoms. The number of aliphatic hydroxyl groups excluding tert-OH is 1. The zero-order chi connectivity index (χ0) is 11.1. The number of piperidine rings is 1. The minimum atomic E-state index is -0.291. The van der Waals surface area contributed by atoms with Crippen LogP contribution >= 0.6 is 0 Å². The molecule has 1 aromatic carbocycles. The van der Waals surface area contributed by atoms with Gasteiger partial charge in [0.15, 0.2) is 0 Å². The van der Waals surface area contributed by atoms with Crippen LogP contribution in [0.25, 0.3) is 0 Å². The molecule has 0 bridgehead atoms. The third kappa shape index (κ3) is 1.38. The Bertz CT molecular complexity index is 433. The van der Waals surface area contributed by atoms with E-state index < -0.39 is 0 Å². The number of fused-ring (bicyclic) bond motifs is 3. The van der Waals surface area contributed by atoms with Gasteiger partial charge in [-0.3, -0.25) is 0 Å². The van der Waals surface area contributed by atoms with E-state index in [1.807, 2.05) is 29.2 Å². The molecule has 1 saturated heterocycles. The summed E-state index contributed by atoms with van der Waals surface area (Å²) in [6.45, 7) is 0.631. The number of para-hydroxylation sites is 1. The normalized spacial score (nSPS) is 28.1. The Kier molecular flexibility index (Phi) is 2.11. The number of hydrogen-bond acceptors (Lipinski definition) is 2. The summed E-state index contributed by atoms with van der Waals surface area (Å²) in [6.07, 6.45) is 1.02. The molecule has 2 aliphatic rings. The van der Waals surface area contributed by atoms with E-state index in [1.54, 1.807) is 0 Å². The molecule has 0 saturated carbocycles. The Labute approximate surface area is 93.9 Å². The zero-order valence-corrected chi connectivity index (χ0v) is 8.89. The van der Waals surface area contributed by atoms with Crippen molar-refractivity contribution in [2.75, 3.05) is 11.9 Å². The van der Waals surface area contributed by atoms with Crippen LogP contribution in [0.5, 0.6) is 0 Å². The van der Waals surface area contributed by atoms with Crippen molar-refractivity contribution in [2.45, 2.75) is 25.0 Å². The van der Waals surface area contributed by atoms with Gasteiger partial charge in [-0.2, -0.15) is 0 Å². The van der Waals surface area contributed by atoms with Gasteiger partial charge in [0.25, 0.3) is 0 Å². The summed E-state index contributed by atoms with van der Waals surface area (Å²) in [6, 6.07) is 7.80. The minimum absolute atomic E-state index is 0.0358. The molecule has 2 atom stereocenters. The van der Waals surface area contributed by atoms with E-state index in [2.05, 4.69) is 5.32 Å². The maximum Gasteiger partial charge on any atom is 0.322 e. The number of nitrogens with zero attached hydrogens (tertiary/aromatic N) is 1. The van der Waals surface area contributed by atoms with E-state index in [4.69, 9.17) is 0 Å². The zero-order valence-electron chi connectivity index (χ0n) is 8.89. The van der Waals surface area contributed by atoms with Crippen molar-refractivity contribution in [2.24, 2.45) is 0 Å². The molecule has 3 rings (SSSR count). The number of amides is 2. The largest absolute Gasteiger partial charge is 0.393 e. The highest BCUT2D eigenvalue weighted by Gasteiger charge is 2.36. The standard InChI is InChI=1S/C12H14N2O2/c15-8-5-6-14-11(7-8)9-3-1-2-4-10(9)13-12(14)16/h1-4,8,11,15H,5-7H2,(H,13,16)/t8-,11+/m1/s1. The Morgan fingerprint density at radius 2 is 2.19 bits per heavy atom. The molecule has 2 aliphatic heterocycles. The fourth-order valence-electron chi connectivity index (χ4n) is 2.57. The first-order valence-electron chi connectivity index (χ1n) is 5.60. The van der Waals surface area contributed by atoms with E-state index in [1.165, 1.54) is 0 Å². The van der Waals surface area contributed by atoms with Crippen molar-refractivity contribution in [3.8, 4) is 0 Å². The highest BCUT2D eigenvalue weighted by atomic mass is 16.3. The Morgan fingerprint density at radius 1 is 1.38 bits per heavy atom. The highest BCUT2D eigenvalue weighted by Crippen LogP contribution is 2.38. The molecule has 4 heteroatoms. The van der Waals surface area contributed by atoms with Gasteiger partial charge in [0.2, 0.25) is 0 Å². The maximum atomic E-state index is 11.8. The Balaban J connectivity index is 2.03. The van der Waals surface area contributed by atoms with Gasteiger partial charge in [-0.15, -0.1) is 0 Å². The molecule has 0 aliphatic carbocycles. The smallest absolute Gasteiger partial charge is 0.322 e. The van der Waals surface area contributed by atoms with Gasteiger partial charge in [0.1, 0.15) is 0 Å². The number of anilines is 1. The summed E-state index contributed by atoms with van der Waals surface area (Å²) in [5.41, 5.74) is 1.99. The lowest BCUT2D eigenvalue weighted by Crippen LogP contribution is -2.47. The summed E-state index contributed by atoms with van der Waals surface area (Å²) in [4.78, 5) is 13.6. The predicted molar refractivity (Wildman–Crippen MR) is 60.1 cm³/mol. The summed E-state index contributed by atoms with van der Waals surface area (Å²) < 4.78 is 0. The molecule has 0 radical (unpaired) electrons. The van der Waals surface area contributed by atoms with Gasteiger partial charge in [0, 0.05) is 12.2 Å². The van der Waals surface area contributed by atoms with E-state index in [-0.39, 0.29) is 18.2 Å². The lowest BCUT2D eigenvalue weighted by Gasteiger charge is -2.42. The van der Waals surface area contributed by atoms with Crippen molar-refractivity contribution in [1.82, 2.24) is 4.90 Å². The van der Waals surface area contributed by atoms with Crippen LogP contribution in [-0.2, 0) is 0 Å². The summed E-state index contributed by atoms with van der Waals surface area (Å²) in [7, 11) is 0. The van der Waals surface area contributed by atoms with E-state index in [0.717, 1.165) is 11.3 Å². The number of benzene rings is 1. The van der Waals surface area contributed by atoms with Gasteiger partial charge in [-0.1, -0.05) is 18.2 Å². The predicted octanol–water partition coefficient (Wildman–Crippen LogP) is 1.73. The first-order chi connectivity index (χ1) is 7.75. The van der Waals surface area contributed by atoms with Crippen LogP contribution in [0.1, 0.15) is 24.4 Å². The van der Waals surface area contributed by atoms with Crippen LogP contribution in [-0.4, -0.2) is 28.7 Å². The molecule has 1 fully saturated rings. The first kappa shape index (κ1) is 9.66. The molecule has 2 heterocycles. The van der Waals surface area contributed by atoms with Crippen LogP contribution < -0.4 is 5.32 Å². The monoisotopic (exact) mass is 218 g/mol. The van der Waals surface area contributed by atoms with Gasteiger partial charge < -0.3 is 15.3 Å². The molecule has 1 aromatic rings. The molecule has 16 heavy (non-hydrogen) atoms. The molecular formula is C12H14N2O2. The van der Waals surface area contributed by atoms with E-state index in [9.17, 15) is 9.90 Å². The minimum Gasteiger partial charge on any atom is -0.393 e. The van der Waals surface area contributed by atoms with Crippen molar-refractivity contribution < 1.29 is 9.90 Å². The van der Waals surface area contributed by atoms with Crippen LogP contribution in [0.4, 0.5) is 10.5 Å². The van der Waals surface area contributed by atoms with E-state index in [0.29, 0.717) is 19.4 Å². The average Bonchev–Trinajstić information content (AvgIpc) is 2.29. The van der Waals surface area contributed by atoms with Gasteiger partial charge >= 0.3 is 6.03 Å². The number of rotatable bonds is 0. The quantitative estimate of drug-likeness (QED) is 0.696. The molecule has 4 nitrogen and oxygen atoms in total. The van der Waals surface area contributed by atoms with Crippen LogP contribution in [0, 0.1) is 0 Å². The molecule has 84 valence electrons. The summed E-state index contributed by atoms with van der Waals surface area (Å²) in [5, 5.41) is 12.6. The lowest BCUT2D eigenvalue weighted by atomic mass is 9.91. The van der Waals surface area contributed by atoms with Gasteiger partial charge in [-0.05, 0) is 24.5 Å². The molecule has 2 amide bonds. The number of aliphatic hydroxyl groups is 1. The Morgan fingerprint density at radius 3 is 3.06 bits per heavy atom. The van der Waals surface area contributed by atoms with Crippen LogP contribution in [0.15, 0.2) is 24.3 Å². The topological polar surface area (TPSA) is 52.6 Å². The molecule has 0 aromatic heterocycles. The summed E-state index contributed by atoms with van der Waals surface area (Å²) in [5.74, 6) is 0. The number of hydrogen-bond donors (Lipinski definition) is 2. The Hall–Kier alpha value is -1.55. The SMILES string of the molecule is O=C1Nc2ccccc2[C@@H]2C[C@H](O)CCN12. The van der Waals surface area contributed by atoms with Crippen molar-refractivity contribution in [3.05, 3.63) is 29.8 Å². The van der Waals surface area contributed by atoms with Crippen molar-refractivity contribution >= 4 is 11.7 Å². The maximum absolute atomic E-state index is 11.8. The highest BCUT2D eigenvalue weighted by molar-refractivity contribution is 5.93. The van der Waals surface area contributed by atoms with Gasteiger partial charge in [0.05, 0.1) is 12.1 Å². The second kappa shape index (κ2) is 3.49. The fourth-order valence-corrected chi connectivity index (χ4v) is 2.57. The van der Waals surface area contributed by atoms with Crippen molar-refractivity contribution in [3.63, 3.8) is 0 Å². The molecule has 0 unspecified atom stereocenters. The van der Waals surface area contributed by atoms with Crippen LogP contribution in [0.3, 0.4) is 0 Å². The number of urea groups is 1. The first-order valence-corrected chi connectivity index (χ1v) is 5.60. The third-order valence-electron chi connectivity index (χ3n) is 3.40. The van der Waals surface area contributed by atoms with Crippen LogP contribution in [0.2, 0.25) is 0 Å².